The van der Waals surface area contributed by atoms with Gasteiger partial charge >= 0.3 is 0 Å². The highest BCUT2D eigenvalue weighted by Gasteiger charge is 2.10. The summed E-state index contributed by atoms with van der Waals surface area (Å²) in [5, 5.41) is 10.3. The van der Waals surface area contributed by atoms with Gasteiger partial charge in [-0.1, -0.05) is 11.6 Å². The van der Waals surface area contributed by atoms with E-state index in [0.29, 0.717) is 6.54 Å². The molecule has 98 valence electrons. The summed E-state index contributed by atoms with van der Waals surface area (Å²) >= 11 is 0. The highest BCUT2D eigenvalue weighted by Crippen LogP contribution is 2.26. The van der Waals surface area contributed by atoms with Gasteiger partial charge < -0.3 is 15.4 Å². The lowest BCUT2D eigenvalue weighted by atomic mass is 10.0. The Morgan fingerprint density at radius 2 is 2.06 bits per heavy atom. The predicted octanol–water partition coefficient (Wildman–Crippen LogP) is 2.14. The molecule has 0 saturated carbocycles. The van der Waals surface area contributed by atoms with Gasteiger partial charge in [0.15, 0.2) is 0 Å². The topological polar surface area (TPSA) is 51.2 Å². The lowest BCUT2D eigenvalue weighted by Gasteiger charge is -2.07. The van der Waals surface area contributed by atoms with Gasteiger partial charge in [-0.2, -0.15) is 0 Å². The number of rotatable bonds is 5. The van der Waals surface area contributed by atoms with E-state index in [1.54, 1.807) is 0 Å². The van der Waals surface area contributed by atoms with Crippen LogP contribution in [-0.4, -0.2) is 22.8 Å². The fourth-order valence-electron chi connectivity index (χ4n) is 2.68. The molecule has 0 amide bonds. The maximum Gasteiger partial charge on any atom is 0.0513 e. The van der Waals surface area contributed by atoms with Gasteiger partial charge in [-0.25, -0.2) is 0 Å². The van der Waals surface area contributed by atoms with Crippen molar-refractivity contribution in [1.29, 1.82) is 0 Å². The molecule has 0 atom stereocenters. The standard InChI is InChI=1S/C15H22N2O/c1-11-8-12(2)15-14(9-11)13(4-5-16)10-17(15)6-3-7-18/h8-10,18H,3-7,16H2,1-2H3. The SMILES string of the molecule is Cc1cc(C)c2c(c1)c(CCN)cn2CCCO. The molecule has 2 aromatic rings. The molecule has 0 unspecified atom stereocenters. The first kappa shape index (κ1) is 13.1. The number of benzene rings is 1. The van der Waals surface area contributed by atoms with Crippen LogP contribution in [0.4, 0.5) is 0 Å². The van der Waals surface area contributed by atoms with Crippen LogP contribution >= 0.6 is 0 Å². The van der Waals surface area contributed by atoms with Crippen LogP contribution in [0.3, 0.4) is 0 Å². The monoisotopic (exact) mass is 246 g/mol. The third-order valence-electron chi connectivity index (χ3n) is 3.36. The quantitative estimate of drug-likeness (QED) is 0.849. The van der Waals surface area contributed by atoms with Crippen molar-refractivity contribution >= 4 is 10.9 Å². The molecule has 1 aromatic carbocycles. The van der Waals surface area contributed by atoms with Crippen molar-refractivity contribution in [3.05, 3.63) is 35.0 Å². The van der Waals surface area contributed by atoms with Crippen LogP contribution in [0.2, 0.25) is 0 Å². The molecule has 3 heteroatoms. The molecule has 3 N–H and O–H groups in total. The summed E-state index contributed by atoms with van der Waals surface area (Å²) in [5.41, 5.74) is 10.9. The molecule has 0 aliphatic heterocycles. The number of aliphatic hydroxyl groups excluding tert-OH is 1. The third kappa shape index (κ3) is 2.42. The Morgan fingerprint density at radius 1 is 1.28 bits per heavy atom. The first-order valence-electron chi connectivity index (χ1n) is 6.57. The van der Waals surface area contributed by atoms with E-state index in [1.807, 2.05) is 0 Å². The van der Waals surface area contributed by atoms with Crippen molar-refractivity contribution < 1.29 is 5.11 Å². The molecule has 0 fully saturated rings. The third-order valence-corrected chi connectivity index (χ3v) is 3.36. The molecule has 0 saturated heterocycles. The zero-order chi connectivity index (χ0) is 13.1. The first-order chi connectivity index (χ1) is 8.67. The largest absolute Gasteiger partial charge is 0.396 e. The lowest BCUT2D eigenvalue weighted by molar-refractivity contribution is 0.280. The zero-order valence-corrected chi connectivity index (χ0v) is 11.2. The van der Waals surface area contributed by atoms with Gasteiger partial charge in [-0.15, -0.1) is 0 Å². The van der Waals surface area contributed by atoms with Gasteiger partial charge in [0.2, 0.25) is 0 Å². The molecule has 0 bridgehead atoms. The van der Waals surface area contributed by atoms with Gasteiger partial charge in [0, 0.05) is 24.7 Å². The first-order valence-corrected chi connectivity index (χ1v) is 6.57. The highest BCUT2D eigenvalue weighted by atomic mass is 16.3. The van der Waals surface area contributed by atoms with Crippen LogP contribution in [-0.2, 0) is 13.0 Å². The number of fused-ring (bicyclic) bond motifs is 1. The second kappa shape index (κ2) is 5.55. The molecule has 2 rings (SSSR count). The van der Waals surface area contributed by atoms with Gasteiger partial charge in [0.05, 0.1) is 5.52 Å². The second-order valence-electron chi connectivity index (χ2n) is 4.94. The molecule has 0 spiro atoms. The van der Waals surface area contributed by atoms with E-state index in [4.69, 9.17) is 10.8 Å². The lowest BCUT2D eigenvalue weighted by Crippen LogP contribution is -2.02. The number of hydrogen-bond donors (Lipinski definition) is 2. The minimum atomic E-state index is 0.233. The maximum absolute atomic E-state index is 8.99. The Morgan fingerprint density at radius 3 is 2.72 bits per heavy atom. The second-order valence-corrected chi connectivity index (χ2v) is 4.94. The number of nitrogens with zero attached hydrogens (tertiary/aromatic N) is 1. The summed E-state index contributed by atoms with van der Waals surface area (Å²) in [7, 11) is 0. The van der Waals surface area contributed by atoms with Crippen LogP contribution in [0, 0.1) is 13.8 Å². The van der Waals surface area contributed by atoms with Gasteiger partial charge in [-0.3, -0.25) is 0 Å². The van der Waals surface area contributed by atoms with E-state index in [2.05, 4.69) is 36.7 Å². The molecule has 3 nitrogen and oxygen atoms in total. The molecule has 0 aliphatic rings. The smallest absolute Gasteiger partial charge is 0.0513 e. The van der Waals surface area contributed by atoms with E-state index in [-0.39, 0.29) is 6.61 Å². The van der Waals surface area contributed by atoms with Crippen molar-refractivity contribution in [2.45, 2.75) is 33.2 Å². The number of nitrogens with two attached hydrogens (primary N) is 1. The van der Waals surface area contributed by atoms with Gasteiger partial charge in [-0.05, 0) is 50.4 Å². The van der Waals surface area contributed by atoms with Crippen molar-refractivity contribution in [3.8, 4) is 0 Å². The number of aliphatic hydroxyl groups is 1. The summed E-state index contributed by atoms with van der Waals surface area (Å²) in [5.74, 6) is 0. The Labute approximate surface area is 108 Å². The van der Waals surface area contributed by atoms with Crippen molar-refractivity contribution in [2.24, 2.45) is 5.73 Å². The summed E-state index contributed by atoms with van der Waals surface area (Å²) in [6, 6.07) is 4.45. The fraction of sp³-hybridized carbons (Fsp3) is 0.467. The zero-order valence-electron chi connectivity index (χ0n) is 11.2. The van der Waals surface area contributed by atoms with Crippen LogP contribution in [0.5, 0.6) is 0 Å². The number of hydrogen-bond acceptors (Lipinski definition) is 2. The summed E-state index contributed by atoms with van der Waals surface area (Å²) in [6.45, 7) is 6.05. The van der Waals surface area contributed by atoms with E-state index >= 15 is 0 Å². The van der Waals surface area contributed by atoms with Crippen molar-refractivity contribution in [3.63, 3.8) is 0 Å². The molecule has 1 heterocycles. The van der Waals surface area contributed by atoms with Crippen LogP contribution in [0.15, 0.2) is 18.3 Å². The maximum atomic E-state index is 8.99. The molecule has 0 aliphatic carbocycles. The molecular formula is C15H22N2O. The Hall–Kier alpha value is -1.32. The normalized spacial score (nSPS) is 11.3. The summed E-state index contributed by atoms with van der Waals surface area (Å²) < 4.78 is 2.26. The Balaban J connectivity index is 2.56. The van der Waals surface area contributed by atoms with Crippen molar-refractivity contribution in [1.82, 2.24) is 4.57 Å². The fourth-order valence-corrected chi connectivity index (χ4v) is 2.68. The van der Waals surface area contributed by atoms with E-state index in [1.165, 1.54) is 27.6 Å². The van der Waals surface area contributed by atoms with E-state index in [9.17, 15) is 0 Å². The van der Waals surface area contributed by atoms with Crippen LogP contribution in [0.1, 0.15) is 23.1 Å². The van der Waals surface area contributed by atoms with Crippen molar-refractivity contribution in [2.75, 3.05) is 13.2 Å². The Kier molecular flexibility index (Phi) is 4.04. The minimum absolute atomic E-state index is 0.233. The van der Waals surface area contributed by atoms with E-state index < -0.39 is 0 Å². The van der Waals surface area contributed by atoms with Gasteiger partial charge in [0.1, 0.15) is 0 Å². The summed E-state index contributed by atoms with van der Waals surface area (Å²) in [6.07, 6.45) is 3.89. The summed E-state index contributed by atoms with van der Waals surface area (Å²) in [4.78, 5) is 0. The van der Waals surface area contributed by atoms with Crippen LogP contribution in [0.25, 0.3) is 10.9 Å². The molecular weight excluding hydrogens is 224 g/mol. The highest BCUT2D eigenvalue weighted by molar-refractivity contribution is 5.87. The average Bonchev–Trinajstić information content (AvgIpc) is 2.65. The predicted molar refractivity (Wildman–Crippen MR) is 75.9 cm³/mol. The average molecular weight is 246 g/mol. The molecule has 18 heavy (non-hydrogen) atoms. The number of aryl methyl sites for hydroxylation is 3. The molecule has 1 aromatic heterocycles. The Bertz CT molecular complexity index is 543. The number of aromatic nitrogens is 1. The molecule has 0 radical (unpaired) electrons. The van der Waals surface area contributed by atoms with Crippen LogP contribution < -0.4 is 5.73 Å². The minimum Gasteiger partial charge on any atom is -0.396 e. The van der Waals surface area contributed by atoms with Gasteiger partial charge in [0.25, 0.3) is 0 Å². The van der Waals surface area contributed by atoms with E-state index in [0.717, 1.165) is 19.4 Å².